The van der Waals surface area contributed by atoms with Crippen LogP contribution in [0.5, 0.6) is 0 Å². The summed E-state index contributed by atoms with van der Waals surface area (Å²) < 4.78 is 0. The summed E-state index contributed by atoms with van der Waals surface area (Å²) in [5, 5.41) is 11.4. The van der Waals surface area contributed by atoms with Crippen LogP contribution in [0.15, 0.2) is 30.3 Å². The van der Waals surface area contributed by atoms with E-state index in [0.717, 1.165) is 12.0 Å². The molecule has 0 bridgehead atoms. The van der Waals surface area contributed by atoms with E-state index >= 15 is 0 Å². The van der Waals surface area contributed by atoms with Crippen LogP contribution in [0, 0.1) is 17.8 Å². The first-order chi connectivity index (χ1) is 16.3. The van der Waals surface area contributed by atoms with Gasteiger partial charge in [0, 0.05) is 19.4 Å². The van der Waals surface area contributed by atoms with Crippen LogP contribution >= 0.6 is 0 Å². The van der Waals surface area contributed by atoms with Gasteiger partial charge < -0.3 is 5.32 Å². The number of likely N-dealkylation sites (tertiary alicyclic amines) is 1. The van der Waals surface area contributed by atoms with Gasteiger partial charge in [0.15, 0.2) is 0 Å². The third-order valence-corrected chi connectivity index (χ3v) is 6.31. The number of imide groups is 1. The molecule has 0 spiro atoms. The fourth-order valence-corrected chi connectivity index (χ4v) is 4.64. The van der Waals surface area contributed by atoms with Crippen LogP contribution in [-0.2, 0) is 25.6 Å². The lowest BCUT2D eigenvalue weighted by atomic mass is 9.85. The van der Waals surface area contributed by atoms with Gasteiger partial charge in [0.2, 0.25) is 23.6 Å². The Kier molecular flexibility index (Phi) is 11.2. The van der Waals surface area contributed by atoms with Crippen molar-refractivity contribution in [2.45, 2.75) is 78.2 Å². The fraction of sp³-hybridized carbons (Fsp3) is 0.615. The zero-order chi connectivity index (χ0) is 25.1. The highest BCUT2D eigenvalue weighted by Crippen LogP contribution is 2.36. The summed E-state index contributed by atoms with van der Waals surface area (Å²) in [6.45, 7) is 6.48. The number of carbonyl (C=O) groups excluding carboxylic acids is 4. The largest absolute Gasteiger partial charge is 0.354 e. The number of rotatable bonds is 14. The molecular formula is C26H39N3O5. The Balaban J connectivity index is 2.14. The molecule has 1 heterocycles. The average molecular weight is 474 g/mol. The molecule has 1 aliphatic heterocycles. The van der Waals surface area contributed by atoms with Crippen LogP contribution in [-0.4, -0.2) is 46.3 Å². The molecule has 1 fully saturated rings. The van der Waals surface area contributed by atoms with E-state index in [0.29, 0.717) is 38.6 Å². The van der Waals surface area contributed by atoms with Crippen LogP contribution < -0.4 is 10.8 Å². The number of amides is 4. The molecule has 0 unspecified atom stereocenters. The number of benzene rings is 1. The molecule has 1 aliphatic rings. The van der Waals surface area contributed by atoms with E-state index in [2.05, 4.69) is 5.32 Å². The molecule has 0 radical (unpaired) electrons. The highest BCUT2D eigenvalue weighted by Gasteiger charge is 2.50. The summed E-state index contributed by atoms with van der Waals surface area (Å²) in [5.74, 6) is -1.71. The molecule has 34 heavy (non-hydrogen) atoms. The first-order valence-corrected chi connectivity index (χ1v) is 12.4. The lowest BCUT2D eigenvalue weighted by Crippen LogP contribution is -2.51. The van der Waals surface area contributed by atoms with Gasteiger partial charge in [-0.2, -0.15) is 0 Å². The second-order valence-electron chi connectivity index (χ2n) is 9.52. The van der Waals surface area contributed by atoms with Crippen LogP contribution in [0.4, 0.5) is 0 Å². The van der Waals surface area contributed by atoms with Crippen molar-refractivity contribution in [3.63, 3.8) is 0 Å². The van der Waals surface area contributed by atoms with Crippen LogP contribution in [0.2, 0.25) is 0 Å². The van der Waals surface area contributed by atoms with Gasteiger partial charge in [0.1, 0.15) is 6.04 Å². The molecular weight excluding hydrogens is 434 g/mol. The molecule has 0 aliphatic carbocycles. The van der Waals surface area contributed by atoms with E-state index in [1.54, 1.807) is 5.48 Å². The third kappa shape index (κ3) is 7.65. The Morgan fingerprint density at radius 3 is 2.32 bits per heavy atom. The van der Waals surface area contributed by atoms with Gasteiger partial charge in [-0.25, -0.2) is 5.48 Å². The number of nitrogens with zero attached hydrogens (tertiary/aromatic N) is 1. The van der Waals surface area contributed by atoms with E-state index in [4.69, 9.17) is 5.21 Å². The maximum Gasteiger partial charge on any atom is 0.243 e. The second-order valence-corrected chi connectivity index (χ2v) is 9.52. The Morgan fingerprint density at radius 1 is 1.03 bits per heavy atom. The average Bonchev–Trinajstić information content (AvgIpc) is 3.03. The summed E-state index contributed by atoms with van der Waals surface area (Å²) >= 11 is 0. The Morgan fingerprint density at radius 2 is 1.71 bits per heavy atom. The zero-order valence-electron chi connectivity index (χ0n) is 20.6. The van der Waals surface area contributed by atoms with E-state index in [9.17, 15) is 19.2 Å². The van der Waals surface area contributed by atoms with Crippen molar-refractivity contribution in [3.8, 4) is 0 Å². The summed E-state index contributed by atoms with van der Waals surface area (Å²) in [5.41, 5.74) is 2.49. The molecule has 3 N–H and O–H groups in total. The number of hydrogen-bond acceptors (Lipinski definition) is 5. The van der Waals surface area contributed by atoms with Gasteiger partial charge >= 0.3 is 0 Å². The molecule has 188 valence electrons. The Bertz CT molecular complexity index is 827. The van der Waals surface area contributed by atoms with Gasteiger partial charge in [-0.05, 0) is 37.2 Å². The molecule has 1 aromatic carbocycles. The number of hydrogen-bond donors (Lipinski definition) is 3. The number of hydroxylamine groups is 1. The maximum absolute atomic E-state index is 13.4. The Hall–Kier alpha value is -2.74. The van der Waals surface area contributed by atoms with Crippen molar-refractivity contribution < 1.29 is 24.4 Å². The standard InChI is InChI=1S/C26H39N3O5/c1-4-11-20-21(16-18(2)3)26(33)29(25(20)32)22(17-19-12-7-5-8-13-19)24(31)27-15-10-6-9-14-23(30)28-34/h5,7-8,12-13,18,20-22,34H,4,6,9-11,14-17H2,1-3H3,(H,27,31)(H,28,30)/t20-,21-,22+/m1/s1. The fourth-order valence-electron chi connectivity index (χ4n) is 4.64. The maximum atomic E-state index is 13.4. The Labute approximate surface area is 202 Å². The highest BCUT2D eigenvalue weighted by atomic mass is 16.5. The third-order valence-electron chi connectivity index (χ3n) is 6.31. The number of nitrogens with one attached hydrogen (secondary N) is 2. The molecule has 1 saturated heterocycles. The lowest BCUT2D eigenvalue weighted by Gasteiger charge is -2.26. The smallest absolute Gasteiger partial charge is 0.243 e. The zero-order valence-corrected chi connectivity index (χ0v) is 20.6. The van der Waals surface area contributed by atoms with E-state index < -0.39 is 11.9 Å². The van der Waals surface area contributed by atoms with E-state index in [-0.39, 0.29) is 48.3 Å². The van der Waals surface area contributed by atoms with Gasteiger partial charge in [0.25, 0.3) is 0 Å². The van der Waals surface area contributed by atoms with Gasteiger partial charge in [-0.15, -0.1) is 0 Å². The van der Waals surface area contributed by atoms with Crippen LogP contribution in [0.3, 0.4) is 0 Å². The van der Waals surface area contributed by atoms with Crippen LogP contribution in [0.25, 0.3) is 0 Å². The highest BCUT2D eigenvalue weighted by molar-refractivity contribution is 6.08. The predicted octanol–water partition coefficient (Wildman–Crippen LogP) is 3.23. The molecule has 1 aromatic rings. The summed E-state index contributed by atoms with van der Waals surface area (Å²) in [6.07, 6.45) is 4.51. The molecule has 0 aromatic heterocycles. The van der Waals surface area contributed by atoms with Gasteiger partial charge in [-0.1, -0.05) is 63.9 Å². The minimum Gasteiger partial charge on any atom is -0.354 e. The molecule has 0 saturated carbocycles. The number of carbonyl (C=O) groups is 4. The quantitative estimate of drug-likeness (QED) is 0.166. The molecule has 2 rings (SSSR count). The first kappa shape index (κ1) is 27.5. The van der Waals surface area contributed by atoms with Gasteiger partial charge in [-0.3, -0.25) is 29.3 Å². The van der Waals surface area contributed by atoms with E-state index in [1.165, 1.54) is 4.90 Å². The minimum absolute atomic E-state index is 0.216. The predicted molar refractivity (Wildman–Crippen MR) is 129 cm³/mol. The minimum atomic E-state index is -0.890. The summed E-state index contributed by atoms with van der Waals surface area (Å²) in [4.78, 5) is 52.4. The molecule has 8 heteroatoms. The van der Waals surface area contributed by atoms with Crippen molar-refractivity contribution in [1.82, 2.24) is 15.7 Å². The molecule has 4 amide bonds. The topological polar surface area (TPSA) is 116 Å². The van der Waals surface area contributed by atoms with Crippen molar-refractivity contribution in [1.29, 1.82) is 0 Å². The van der Waals surface area contributed by atoms with E-state index in [1.807, 2.05) is 51.1 Å². The van der Waals surface area contributed by atoms with Crippen molar-refractivity contribution in [2.24, 2.45) is 17.8 Å². The second kappa shape index (κ2) is 13.8. The lowest BCUT2D eigenvalue weighted by molar-refractivity contribution is -0.148. The monoisotopic (exact) mass is 473 g/mol. The summed E-state index contributed by atoms with van der Waals surface area (Å²) in [7, 11) is 0. The van der Waals surface area contributed by atoms with Crippen molar-refractivity contribution >= 4 is 23.6 Å². The van der Waals surface area contributed by atoms with Crippen molar-refractivity contribution in [2.75, 3.05) is 6.54 Å². The van der Waals surface area contributed by atoms with Crippen LogP contribution in [0.1, 0.15) is 71.3 Å². The molecule has 8 nitrogen and oxygen atoms in total. The SMILES string of the molecule is CCC[C@H]1C(=O)N([C@@H](Cc2ccccc2)C(=O)NCCCCCC(=O)NO)C(=O)[C@@H]1CC(C)C. The normalized spacial score (nSPS) is 18.9. The molecule has 3 atom stereocenters. The van der Waals surface area contributed by atoms with Gasteiger partial charge in [0.05, 0.1) is 11.8 Å². The summed E-state index contributed by atoms with van der Waals surface area (Å²) in [6, 6.07) is 8.54. The van der Waals surface area contributed by atoms with Crippen molar-refractivity contribution in [3.05, 3.63) is 35.9 Å². The number of unbranched alkanes of at least 4 members (excludes halogenated alkanes) is 2. The first-order valence-electron chi connectivity index (χ1n) is 12.4.